The number of alkyl halides is 2. The third-order valence-electron chi connectivity index (χ3n) is 5.66. The van der Waals surface area contributed by atoms with Crippen LogP contribution in [-0.4, -0.2) is 54.0 Å². The van der Waals surface area contributed by atoms with Crippen molar-refractivity contribution in [3.8, 4) is 22.6 Å². The highest BCUT2D eigenvalue weighted by Crippen LogP contribution is 2.24. The molecular formula is C25H26F2N4O3. The summed E-state index contributed by atoms with van der Waals surface area (Å²) in [5, 5.41) is 3.16. The van der Waals surface area contributed by atoms with Crippen LogP contribution in [0.1, 0.15) is 12.8 Å². The summed E-state index contributed by atoms with van der Waals surface area (Å²) in [5.74, 6) is 1.47. The largest absolute Gasteiger partial charge is 0.492 e. The number of aromatic nitrogens is 2. The van der Waals surface area contributed by atoms with E-state index in [1.54, 1.807) is 24.5 Å². The number of anilines is 2. The summed E-state index contributed by atoms with van der Waals surface area (Å²) in [5.41, 5.74) is 2.34. The fourth-order valence-corrected chi connectivity index (χ4v) is 3.77. The van der Waals surface area contributed by atoms with E-state index in [2.05, 4.69) is 24.9 Å². The maximum atomic E-state index is 12.3. The van der Waals surface area contributed by atoms with Gasteiger partial charge in [0.2, 0.25) is 5.95 Å². The molecule has 178 valence electrons. The van der Waals surface area contributed by atoms with Crippen LogP contribution in [0.3, 0.4) is 0 Å². The van der Waals surface area contributed by atoms with Crippen molar-refractivity contribution in [3.63, 3.8) is 0 Å². The number of hydrogen-bond acceptors (Lipinski definition) is 7. The molecule has 2 heterocycles. The molecular weight excluding hydrogens is 442 g/mol. The minimum Gasteiger partial charge on any atom is -0.492 e. The molecule has 0 spiro atoms. The first-order valence-corrected chi connectivity index (χ1v) is 11.1. The molecule has 34 heavy (non-hydrogen) atoms. The molecule has 9 heteroatoms. The molecule has 0 amide bonds. The smallest absolute Gasteiger partial charge is 0.387 e. The number of nitrogens with zero attached hydrogens (tertiary/aromatic N) is 3. The highest BCUT2D eigenvalue weighted by molar-refractivity contribution is 5.64. The fraction of sp³-hybridized carbons (Fsp3) is 0.320. The highest BCUT2D eigenvalue weighted by Gasteiger charge is 2.18. The zero-order chi connectivity index (χ0) is 23.8. The van der Waals surface area contributed by atoms with Crippen molar-refractivity contribution in [2.24, 2.45) is 5.92 Å². The first-order valence-electron chi connectivity index (χ1n) is 11.1. The summed E-state index contributed by atoms with van der Waals surface area (Å²) in [4.78, 5) is 21.9. The van der Waals surface area contributed by atoms with E-state index in [4.69, 9.17) is 4.74 Å². The third kappa shape index (κ3) is 6.71. The Bertz CT molecular complexity index is 1060. The zero-order valence-corrected chi connectivity index (χ0v) is 18.6. The summed E-state index contributed by atoms with van der Waals surface area (Å²) >= 11 is 0. The van der Waals surface area contributed by atoms with Gasteiger partial charge in [0.05, 0.1) is 0 Å². The molecule has 1 aliphatic heterocycles. The van der Waals surface area contributed by atoms with Gasteiger partial charge < -0.3 is 19.6 Å². The molecule has 0 radical (unpaired) electrons. The molecule has 0 saturated carbocycles. The zero-order valence-electron chi connectivity index (χ0n) is 18.6. The predicted octanol–water partition coefficient (Wildman–Crippen LogP) is 4.78. The fourth-order valence-electron chi connectivity index (χ4n) is 3.77. The summed E-state index contributed by atoms with van der Waals surface area (Å²) in [6.45, 7) is 0.394. The number of ether oxygens (including phenoxy) is 2. The molecule has 0 unspecified atom stereocenters. The average molecular weight is 469 g/mol. The lowest BCUT2D eigenvalue weighted by Crippen LogP contribution is -2.36. The molecule has 0 aliphatic carbocycles. The number of carbonyl (C=O) groups excluding carboxylic acids is 1. The predicted molar refractivity (Wildman–Crippen MR) is 125 cm³/mol. The van der Waals surface area contributed by atoms with E-state index >= 15 is 0 Å². The molecule has 1 aromatic heterocycles. The quantitative estimate of drug-likeness (QED) is 0.429. The minimum absolute atomic E-state index is 0.0996. The van der Waals surface area contributed by atoms with Gasteiger partial charge in [-0.2, -0.15) is 8.78 Å². The minimum atomic E-state index is -2.85. The second-order valence-electron chi connectivity index (χ2n) is 8.01. The lowest BCUT2D eigenvalue weighted by atomic mass is 9.99. The lowest BCUT2D eigenvalue weighted by Gasteiger charge is -2.29. The Morgan fingerprint density at radius 2 is 1.76 bits per heavy atom. The van der Waals surface area contributed by atoms with Gasteiger partial charge in [0.25, 0.3) is 0 Å². The number of carbonyl (C=O) groups is 1. The molecule has 0 bridgehead atoms. The van der Waals surface area contributed by atoms with Crippen LogP contribution in [0.5, 0.6) is 11.5 Å². The Labute approximate surface area is 196 Å². The molecule has 1 fully saturated rings. The number of nitrogens with one attached hydrogen (secondary N) is 1. The van der Waals surface area contributed by atoms with Gasteiger partial charge in [0.1, 0.15) is 24.4 Å². The van der Waals surface area contributed by atoms with Gasteiger partial charge in [0, 0.05) is 42.2 Å². The standard InChI is InChI=1S/C25H26F2N4O3/c26-24(27)34-22-6-4-19(5-7-22)20-15-28-25(29-16-20)30-21-2-1-3-23(14-21)33-13-12-31-10-8-18(17-32)9-11-31/h1-7,14-18,24H,8-13H2,(H,28,29,30). The number of likely N-dealkylation sites (tertiary alicyclic amines) is 1. The van der Waals surface area contributed by atoms with E-state index in [0.717, 1.165) is 61.3 Å². The van der Waals surface area contributed by atoms with Crippen molar-refractivity contribution in [2.45, 2.75) is 19.5 Å². The normalized spacial score (nSPS) is 14.7. The summed E-state index contributed by atoms with van der Waals surface area (Å²) in [7, 11) is 0. The van der Waals surface area contributed by atoms with Crippen LogP contribution in [0.15, 0.2) is 60.9 Å². The Morgan fingerprint density at radius 1 is 1.03 bits per heavy atom. The average Bonchev–Trinajstić information content (AvgIpc) is 2.85. The van der Waals surface area contributed by atoms with Crippen LogP contribution < -0.4 is 14.8 Å². The van der Waals surface area contributed by atoms with Gasteiger partial charge >= 0.3 is 6.61 Å². The van der Waals surface area contributed by atoms with E-state index in [0.29, 0.717) is 12.6 Å². The number of rotatable bonds is 10. The van der Waals surface area contributed by atoms with Crippen LogP contribution in [0, 0.1) is 5.92 Å². The van der Waals surface area contributed by atoms with E-state index in [9.17, 15) is 13.6 Å². The van der Waals surface area contributed by atoms with E-state index < -0.39 is 6.61 Å². The second kappa shape index (κ2) is 11.5. The molecule has 2 aromatic carbocycles. The number of halogens is 2. The van der Waals surface area contributed by atoms with Crippen molar-refractivity contribution in [1.82, 2.24) is 14.9 Å². The topological polar surface area (TPSA) is 76.6 Å². The van der Waals surface area contributed by atoms with Crippen molar-refractivity contribution in [3.05, 3.63) is 60.9 Å². The van der Waals surface area contributed by atoms with Crippen molar-refractivity contribution in [1.29, 1.82) is 0 Å². The number of hydrogen-bond donors (Lipinski definition) is 1. The van der Waals surface area contributed by atoms with Gasteiger partial charge in [-0.1, -0.05) is 18.2 Å². The molecule has 7 nitrogen and oxygen atoms in total. The van der Waals surface area contributed by atoms with Gasteiger partial charge in [-0.05, 0) is 55.8 Å². The molecule has 4 rings (SSSR count). The molecule has 3 aromatic rings. The van der Waals surface area contributed by atoms with Crippen molar-refractivity contribution in [2.75, 3.05) is 31.6 Å². The van der Waals surface area contributed by atoms with E-state index in [1.165, 1.54) is 12.1 Å². The van der Waals surface area contributed by atoms with E-state index in [-0.39, 0.29) is 11.7 Å². The van der Waals surface area contributed by atoms with Crippen molar-refractivity contribution >= 4 is 17.9 Å². The molecule has 1 N–H and O–H groups in total. The Kier molecular flexibility index (Phi) is 7.98. The molecule has 0 atom stereocenters. The van der Waals surface area contributed by atoms with Crippen LogP contribution in [-0.2, 0) is 4.79 Å². The Hall–Kier alpha value is -3.59. The van der Waals surface area contributed by atoms with Gasteiger partial charge in [-0.15, -0.1) is 0 Å². The Morgan fingerprint density at radius 3 is 2.44 bits per heavy atom. The molecule has 1 aliphatic rings. The first-order chi connectivity index (χ1) is 16.6. The summed E-state index contributed by atoms with van der Waals surface area (Å²) in [6.07, 6.45) is 6.22. The second-order valence-corrected chi connectivity index (χ2v) is 8.01. The van der Waals surface area contributed by atoms with Crippen LogP contribution >= 0.6 is 0 Å². The summed E-state index contributed by atoms with van der Waals surface area (Å²) in [6, 6.07) is 13.9. The van der Waals surface area contributed by atoms with Gasteiger partial charge in [0.15, 0.2) is 0 Å². The van der Waals surface area contributed by atoms with Crippen molar-refractivity contribution < 1.29 is 23.0 Å². The maximum absolute atomic E-state index is 12.3. The summed E-state index contributed by atoms with van der Waals surface area (Å²) < 4.78 is 34.8. The number of piperidine rings is 1. The van der Waals surface area contributed by atoms with Crippen LogP contribution in [0.4, 0.5) is 20.4 Å². The molecule has 1 saturated heterocycles. The maximum Gasteiger partial charge on any atom is 0.387 e. The van der Waals surface area contributed by atoms with Crippen LogP contribution in [0.2, 0.25) is 0 Å². The first kappa shape index (κ1) is 23.6. The number of aldehydes is 1. The highest BCUT2D eigenvalue weighted by atomic mass is 19.3. The Balaban J connectivity index is 1.28. The van der Waals surface area contributed by atoms with E-state index in [1.807, 2.05) is 24.3 Å². The van der Waals surface area contributed by atoms with Crippen LogP contribution in [0.25, 0.3) is 11.1 Å². The SMILES string of the molecule is O=CC1CCN(CCOc2cccc(Nc3ncc(-c4ccc(OC(F)F)cc4)cn3)c2)CC1. The van der Waals surface area contributed by atoms with Gasteiger partial charge in [-0.3, -0.25) is 4.90 Å². The number of benzene rings is 2. The van der Waals surface area contributed by atoms with Gasteiger partial charge in [-0.25, -0.2) is 9.97 Å². The lowest BCUT2D eigenvalue weighted by molar-refractivity contribution is -0.112. The monoisotopic (exact) mass is 468 g/mol. The third-order valence-corrected chi connectivity index (χ3v) is 5.66.